The zero-order valence-electron chi connectivity index (χ0n) is 12.4. The second-order valence-electron chi connectivity index (χ2n) is 5.26. The van der Waals surface area contributed by atoms with Gasteiger partial charge in [-0.3, -0.25) is 4.79 Å². The molecule has 1 heterocycles. The van der Waals surface area contributed by atoms with E-state index in [1.54, 1.807) is 6.33 Å². The summed E-state index contributed by atoms with van der Waals surface area (Å²) in [5.41, 5.74) is 6.98. The summed E-state index contributed by atoms with van der Waals surface area (Å²) in [5, 5.41) is 10.7. The molecule has 0 aliphatic carbocycles. The van der Waals surface area contributed by atoms with Crippen LogP contribution in [0.15, 0.2) is 36.7 Å². The summed E-state index contributed by atoms with van der Waals surface area (Å²) in [6.07, 6.45) is 2.18. The Morgan fingerprint density at radius 2 is 2.05 bits per heavy atom. The molecular weight excluding hydrogens is 266 g/mol. The van der Waals surface area contributed by atoms with Gasteiger partial charge in [-0.15, -0.1) is 10.2 Å². The van der Waals surface area contributed by atoms with Gasteiger partial charge in [0.2, 0.25) is 5.91 Å². The van der Waals surface area contributed by atoms with Crippen molar-refractivity contribution in [2.24, 2.45) is 5.73 Å². The van der Waals surface area contributed by atoms with Crippen LogP contribution in [-0.2, 0) is 17.8 Å². The van der Waals surface area contributed by atoms with Crippen LogP contribution in [-0.4, -0.2) is 26.7 Å². The third kappa shape index (κ3) is 4.13. The topological polar surface area (TPSA) is 85.8 Å². The lowest BCUT2D eigenvalue weighted by Crippen LogP contribution is -2.42. The lowest BCUT2D eigenvalue weighted by atomic mass is 10.1. The van der Waals surface area contributed by atoms with Crippen LogP contribution in [0.1, 0.15) is 31.3 Å². The van der Waals surface area contributed by atoms with Gasteiger partial charge < -0.3 is 15.6 Å². The first-order valence-corrected chi connectivity index (χ1v) is 7.03. The van der Waals surface area contributed by atoms with Gasteiger partial charge in [0.05, 0.1) is 12.6 Å². The summed E-state index contributed by atoms with van der Waals surface area (Å²) in [6, 6.07) is 9.42. The van der Waals surface area contributed by atoms with E-state index < -0.39 is 6.04 Å². The van der Waals surface area contributed by atoms with Gasteiger partial charge in [0.25, 0.3) is 0 Å². The summed E-state index contributed by atoms with van der Waals surface area (Å²) >= 11 is 0. The van der Waals surface area contributed by atoms with E-state index in [9.17, 15) is 4.79 Å². The molecule has 0 saturated heterocycles. The van der Waals surface area contributed by atoms with Gasteiger partial charge in [0.1, 0.15) is 6.33 Å². The van der Waals surface area contributed by atoms with Crippen molar-refractivity contribution >= 4 is 5.91 Å². The molecule has 112 valence electrons. The van der Waals surface area contributed by atoms with E-state index in [1.807, 2.05) is 48.7 Å². The Morgan fingerprint density at radius 1 is 1.33 bits per heavy atom. The summed E-state index contributed by atoms with van der Waals surface area (Å²) in [7, 11) is 0. The quantitative estimate of drug-likeness (QED) is 0.831. The maximum Gasteiger partial charge on any atom is 0.237 e. The van der Waals surface area contributed by atoms with Crippen LogP contribution < -0.4 is 11.1 Å². The van der Waals surface area contributed by atoms with E-state index in [1.165, 1.54) is 0 Å². The summed E-state index contributed by atoms with van der Waals surface area (Å²) in [5.74, 6) is 0.544. The maximum atomic E-state index is 12.0. The van der Waals surface area contributed by atoms with Gasteiger partial charge in [-0.2, -0.15) is 0 Å². The van der Waals surface area contributed by atoms with Crippen LogP contribution in [0, 0.1) is 0 Å². The molecule has 6 nitrogen and oxygen atoms in total. The molecule has 2 aromatic rings. The minimum absolute atomic E-state index is 0.183. The van der Waals surface area contributed by atoms with Crippen molar-refractivity contribution in [1.82, 2.24) is 20.1 Å². The number of hydrogen-bond donors (Lipinski definition) is 2. The molecule has 2 rings (SSSR count). The Balaban J connectivity index is 1.88. The fourth-order valence-electron chi connectivity index (χ4n) is 2.08. The Labute approximate surface area is 124 Å². The number of nitrogens with zero attached hydrogens (tertiary/aromatic N) is 3. The average Bonchev–Trinajstić information content (AvgIpc) is 2.94. The number of carbonyl (C=O) groups excluding carboxylic acids is 1. The van der Waals surface area contributed by atoms with Crippen molar-refractivity contribution in [3.63, 3.8) is 0 Å². The zero-order chi connectivity index (χ0) is 15.2. The van der Waals surface area contributed by atoms with Crippen molar-refractivity contribution < 1.29 is 4.79 Å². The van der Waals surface area contributed by atoms with Crippen LogP contribution in [0.4, 0.5) is 0 Å². The molecule has 0 bridgehead atoms. The Bertz CT molecular complexity index is 579. The van der Waals surface area contributed by atoms with Crippen molar-refractivity contribution in [1.29, 1.82) is 0 Å². The minimum Gasteiger partial charge on any atom is -0.347 e. The van der Waals surface area contributed by atoms with Gasteiger partial charge in [0.15, 0.2) is 5.82 Å². The number of hydrogen-bond acceptors (Lipinski definition) is 4. The van der Waals surface area contributed by atoms with Crippen LogP contribution in [0.5, 0.6) is 0 Å². The minimum atomic E-state index is -0.567. The van der Waals surface area contributed by atoms with E-state index in [0.29, 0.717) is 13.0 Å². The van der Waals surface area contributed by atoms with Crippen molar-refractivity contribution in [3.05, 3.63) is 48.0 Å². The molecular formula is C15H21N5O. The number of benzene rings is 1. The van der Waals surface area contributed by atoms with Gasteiger partial charge in [-0.05, 0) is 25.8 Å². The normalized spacial score (nSPS) is 12.4. The van der Waals surface area contributed by atoms with Crippen molar-refractivity contribution in [2.45, 2.75) is 38.9 Å². The number of amides is 1. The molecule has 3 N–H and O–H groups in total. The first kappa shape index (κ1) is 15.2. The molecule has 21 heavy (non-hydrogen) atoms. The summed E-state index contributed by atoms with van der Waals surface area (Å²) < 4.78 is 1.92. The molecule has 0 spiro atoms. The van der Waals surface area contributed by atoms with Gasteiger partial charge >= 0.3 is 0 Å². The molecule has 1 unspecified atom stereocenters. The van der Waals surface area contributed by atoms with Gasteiger partial charge in [0, 0.05) is 6.04 Å². The predicted molar refractivity (Wildman–Crippen MR) is 80.4 cm³/mol. The Kier molecular flexibility index (Phi) is 5.05. The highest BCUT2D eigenvalue weighted by atomic mass is 16.2. The number of carbonyl (C=O) groups is 1. The molecule has 1 atom stereocenters. The second-order valence-corrected chi connectivity index (χ2v) is 5.26. The zero-order valence-corrected chi connectivity index (χ0v) is 12.4. The third-order valence-electron chi connectivity index (χ3n) is 3.26. The monoisotopic (exact) mass is 287 g/mol. The van der Waals surface area contributed by atoms with Crippen LogP contribution in [0.25, 0.3) is 0 Å². The van der Waals surface area contributed by atoms with E-state index in [2.05, 4.69) is 15.5 Å². The molecule has 0 radical (unpaired) electrons. The van der Waals surface area contributed by atoms with Gasteiger partial charge in [-0.25, -0.2) is 0 Å². The maximum absolute atomic E-state index is 12.0. The van der Waals surface area contributed by atoms with Crippen LogP contribution >= 0.6 is 0 Å². The van der Waals surface area contributed by atoms with Crippen LogP contribution in [0.2, 0.25) is 0 Å². The highest BCUT2D eigenvalue weighted by Gasteiger charge is 2.15. The molecule has 1 aromatic heterocycles. The molecule has 0 saturated carbocycles. The van der Waals surface area contributed by atoms with Crippen molar-refractivity contribution in [2.75, 3.05) is 0 Å². The predicted octanol–water partition coefficient (Wildman–Crippen LogP) is 1.05. The highest BCUT2D eigenvalue weighted by molar-refractivity contribution is 5.81. The lowest BCUT2D eigenvalue weighted by molar-refractivity contribution is -0.122. The second kappa shape index (κ2) is 6.99. The van der Waals surface area contributed by atoms with E-state index in [0.717, 1.165) is 11.4 Å². The van der Waals surface area contributed by atoms with E-state index >= 15 is 0 Å². The van der Waals surface area contributed by atoms with Crippen molar-refractivity contribution in [3.8, 4) is 0 Å². The first-order valence-electron chi connectivity index (χ1n) is 7.03. The molecule has 0 aliphatic rings. The fourth-order valence-corrected chi connectivity index (χ4v) is 2.08. The molecule has 0 fully saturated rings. The van der Waals surface area contributed by atoms with E-state index in [-0.39, 0.29) is 11.9 Å². The van der Waals surface area contributed by atoms with E-state index in [4.69, 9.17) is 5.73 Å². The van der Waals surface area contributed by atoms with Gasteiger partial charge in [-0.1, -0.05) is 30.3 Å². The third-order valence-corrected chi connectivity index (χ3v) is 3.26. The smallest absolute Gasteiger partial charge is 0.237 e. The summed E-state index contributed by atoms with van der Waals surface area (Å²) in [4.78, 5) is 12.0. The highest BCUT2D eigenvalue weighted by Crippen LogP contribution is 2.06. The standard InChI is InChI=1S/C15H21N5O/c1-11(2)20-10-18-19-14(20)9-17-15(21)13(16)8-12-6-4-3-5-7-12/h3-7,10-11,13H,8-9,16H2,1-2H3,(H,17,21). The fraction of sp³-hybridized carbons (Fsp3) is 0.400. The Hall–Kier alpha value is -2.21. The molecule has 1 aromatic carbocycles. The number of nitrogens with two attached hydrogens (primary N) is 1. The molecule has 6 heteroatoms. The first-order chi connectivity index (χ1) is 10.1. The molecule has 0 aliphatic heterocycles. The Morgan fingerprint density at radius 3 is 2.71 bits per heavy atom. The average molecular weight is 287 g/mol. The van der Waals surface area contributed by atoms with Crippen LogP contribution in [0.3, 0.4) is 0 Å². The summed E-state index contributed by atoms with van der Waals surface area (Å²) in [6.45, 7) is 4.41. The lowest BCUT2D eigenvalue weighted by Gasteiger charge is -2.14. The number of rotatable bonds is 6. The number of nitrogens with one attached hydrogen (secondary N) is 1. The molecule has 1 amide bonds. The largest absolute Gasteiger partial charge is 0.347 e. The number of aromatic nitrogens is 3. The SMILES string of the molecule is CC(C)n1cnnc1CNC(=O)C(N)Cc1ccccc1.